The van der Waals surface area contributed by atoms with E-state index < -0.39 is 0 Å². The van der Waals surface area contributed by atoms with Crippen LogP contribution in [0.2, 0.25) is 0 Å². The zero-order valence-corrected chi connectivity index (χ0v) is 16.6. The second kappa shape index (κ2) is 7.33. The van der Waals surface area contributed by atoms with Crippen LogP contribution in [0.15, 0.2) is 41.7 Å². The summed E-state index contributed by atoms with van der Waals surface area (Å²) in [5.74, 6) is 1.54. The number of nitrogens with one attached hydrogen (secondary N) is 3. The number of hydrogen-bond acceptors (Lipinski definition) is 5. The van der Waals surface area contributed by atoms with Crippen molar-refractivity contribution in [1.82, 2.24) is 20.6 Å². The maximum atomic E-state index is 4.59. The lowest BCUT2D eigenvalue weighted by molar-refractivity contribution is -0.0451. The van der Waals surface area contributed by atoms with Gasteiger partial charge in [0, 0.05) is 61.8 Å². The highest BCUT2D eigenvalue weighted by atomic mass is 15.4. The van der Waals surface area contributed by atoms with Crippen LogP contribution in [0.1, 0.15) is 25.7 Å². The molecule has 148 valence electrons. The fourth-order valence-electron chi connectivity index (χ4n) is 5.23. The van der Waals surface area contributed by atoms with E-state index in [2.05, 4.69) is 49.2 Å². The average Bonchev–Trinajstić information content (AvgIpc) is 2.67. The lowest BCUT2D eigenvalue weighted by atomic mass is 9.61. The van der Waals surface area contributed by atoms with E-state index >= 15 is 0 Å². The molecule has 2 saturated heterocycles. The SMILES string of the molecule is CN=C(NNc1cccc2cnccc12)C1CCCN(C2CC3(CNC3)C2)C1. The summed E-state index contributed by atoms with van der Waals surface area (Å²) in [7, 11) is 1.90. The topological polar surface area (TPSA) is 64.6 Å². The quantitative estimate of drug-likeness (QED) is 0.434. The Morgan fingerprint density at radius 1 is 1.29 bits per heavy atom. The van der Waals surface area contributed by atoms with Crippen LogP contribution in [-0.2, 0) is 0 Å². The van der Waals surface area contributed by atoms with E-state index in [9.17, 15) is 0 Å². The predicted octanol–water partition coefficient (Wildman–Crippen LogP) is 2.64. The monoisotopic (exact) mass is 378 g/mol. The second-order valence-electron chi connectivity index (χ2n) is 8.76. The summed E-state index contributed by atoms with van der Waals surface area (Å²) in [5, 5.41) is 5.75. The Bertz CT molecular complexity index is 861. The number of piperidine rings is 1. The van der Waals surface area contributed by atoms with E-state index in [0.29, 0.717) is 11.3 Å². The minimum Gasteiger partial charge on any atom is -0.316 e. The van der Waals surface area contributed by atoms with Crippen molar-refractivity contribution in [3.63, 3.8) is 0 Å². The third-order valence-corrected chi connectivity index (χ3v) is 6.94. The third kappa shape index (κ3) is 3.25. The Morgan fingerprint density at radius 2 is 2.18 bits per heavy atom. The van der Waals surface area contributed by atoms with Crippen molar-refractivity contribution in [2.45, 2.75) is 31.7 Å². The molecule has 5 rings (SSSR count). The zero-order valence-electron chi connectivity index (χ0n) is 16.6. The molecule has 2 aliphatic heterocycles. The van der Waals surface area contributed by atoms with Gasteiger partial charge in [-0.3, -0.25) is 25.7 Å². The molecule has 1 saturated carbocycles. The molecular weight excluding hydrogens is 348 g/mol. The standard InChI is InChI=1S/C22H30N6/c1-23-21(27-26-20-6-2-4-16-12-24-8-7-19(16)20)17-5-3-9-28(13-17)18-10-22(11-18)14-25-15-22/h2,4,6-8,12,17-18,25-26H,3,5,9-11,13-15H2,1H3,(H,23,27). The minimum absolute atomic E-state index is 0.471. The smallest absolute Gasteiger partial charge is 0.119 e. The Kier molecular flexibility index (Phi) is 4.69. The molecule has 1 atom stereocenters. The molecule has 28 heavy (non-hydrogen) atoms. The summed E-state index contributed by atoms with van der Waals surface area (Å²) in [6, 6.07) is 9.06. The molecule has 3 aliphatic rings. The summed E-state index contributed by atoms with van der Waals surface area (Å²) in [6.07, 6.45) is 8.95. The third-order valence-electron chi connectivity index (χ3n) is 6.94. The molecule has 6 heteroatoms. The number of anilines is 1. The highest BCUT2D eigenvalue weighted by Crippen LogP contribution is 2.47. The van der Waals surface area contributed by atoms with Gasteiger partial charge in [0.25, 0.3) is 0 Å². The summed E-state index contributed by atoms with van der Waals surface area (Å²) in [6.45, 7) is 4.82. The molecule has 0 radical (unpaired) electrons. The molecule has 1 aliphatic carbocycles. The summed E-state index contributed by atoms with van der Waals surface area (Å²) >= 11 is 0. The maximum Gasteiger partial charge on any atom is 0.119 e. The Balaban J connectivity index is 1.22. The van der Waals surface area contributed by atoms with Gasteiger partial charge >= 0.3 is 0 Å². The van der Waals surface area contributed by atoms with Crippen molar-refractivity contribution < 1.29 is 0 Å². The summed E-state index contributed by atoms with van der Waals surface area (Å²) in [5.41, 5.74) is 8.53. The van der Waals surface area contributed by atoms with Gasteiger partial charge in [-0.1, -0.05) is 12.1 Å². The number of likely N-dealkylation sites (tertiary alicyclic amines) is 1. The van der Waals surface area contributed by atoms with Crippen molar-refractivity contribution in [2.24, 2.45) is 16.3 Å². The van der Waals surface area contributed by atoms with E-state index in [0.717, 1.165) is 29.5 Å². The first-order chi connectivity index (χ1) is 13.8. The van der Waals surface area contributed by atoms with Gasteiger partial charge in [0.15, 0.2) is 0 Å². The van der Waals surface area contributed by atoms with Crippen molar-refractivity contribution >= 4 is 22.3 Å². The number of pyridine rings is 1. The molecule has 6 nitrogen and oxygen atoms in total. The summed E-state index contributed by atoms with van der Waals surface area (Å²) in [4.78, 5) is 11.5. The molecule has 0 amide bonds. The molecule has 3 fully saturated rings. The first-order valence-electron chi connectivity index (χ1n) is 10.5. The van der Waals surface area contributed by atoms with Crippen LogP contribution in [-0.4, -0.2) is 55.0 Å². The highest BCUT2D eigenvalue weighted by Gasteiger charge is 2.50. The molecule has 3 heterocycles. The van der Waals surface area contributed by atoms with Gasteiger partial charge in [-0.05, 0) is 49.8 Å². The first kappa shape index (κ1) is 17.9. The summed E-state index contributed by atoms with van der Waals surface area (Å²) < 4.78 is 0. The molecule has 1 spiro atoms. The molecule has 2 aromatic rings. The number of aliphatic imine (C=N–C) groups is 1. The van der Waals surface area contributed by atoms with E-state index in [1.807, 2.05) is 25.5 Å². The number of hydrogen-bond donors (Lipinski definition) is 3. The molecule has 0 bridgehead atoms. The number of benzene rings is 1. The van der Waals surface area contributed by atoms with E-state index in [4.69, 9.17) is 0 Å². The van der Waals surface area contributed by atoms with Crippen LogP contribution in [0.3, 0.4) is 0 Å². The number of hydrazine groups is 1. The molecule has 1 unspecified atom stereocenters. The normalized spacial score (nSPS) is 25.3. The van der Waals surface area contributed by atoms with E-state index in [1.54, 1.807) is 0 Å². The van der Waals surface area contributed by atoms with Crippen LogP contribution in [0, 0.1) is 11.3 Å². The van der Waals surface area contributed by atoms with Crippen molar-refractivity contribution in [3.8, 4) is 0 Å². The number of nitrogens with zero attached hydrogens (tertiary/aromatic N) is 3. The molecule has 1 aromatic carbocycles. The number of rotatable bonds is 4. The lowest BCUT2D eigenvalue weighted by Crippen LogP contribution is -2.66. The lowest BCUT2D eigenvalue weighted by Gasteiger charge is -2.58. The van der Waals surface area contributed by atoms with Gasteiger partial charge in [0.05, 0.1) is 5.69 Å². The van der Waals surface area contributed by atoms with E-state index in [-0.39, 0.29) is 0 Å². The van der Waals surface area contributed by atoms with Crippen LogP contribution in [0.5, 0.6) is 0 Å². The Morgan fingerprint density at radius 3 is 2.96 bits per heavy atom. The molecule has 1 aromatic heterocycles. The van der Waals surface area contributed by atoms with Crippen LogP contribution in [0.4, 0.5) is 5.69 Å². The number of amidine groups is 1. The maximum absolute atomic E-state index is 4.59. The largest absolute Gasteiger partial charge is 0.316 e. The van der Waals surface area contributed by atoms with Gasteiger partial charge in [-0.2, -0.15) is 0 Å². The average molecular weight is 379 g/mol. The van der Waals surface area contributed by atoms with Crippen LogP contribution < -0.4 is 16.2 Å². The van der Waals surface area contributed by atoms with Crippen molar-refractivity contribution in [2.75, 3.05) is 38.7 Å². The number of fused-ring (bicyclic) bond motifs is 1. The predicted molar refractivity (Wildman–Crippen MR) is 114 cm³/mol. The number of aromatic nitrogens is 1. The van der Waals surface area contributed by atoms with Crippen molar-refractivity contribution in [1.29, 1.82) is 0 Å². The van der Waals surface area contributed by atoms with Crippen LogP contribution >= 0.6 is 0 Å². The Labute approximate surface area is 166 Å². The fraction of sp³-hybridized carbons (Fsp3) is 0.545. The first-order valence-corrected chi connectivity index (χ1v) is 10.5. The van der Waals surface area contributed by atoms with Gasteiger partial charge < -0.3 is 5.32 Å². The van der Waals surface area contributed by atoms with Gasteiger partial charge in [-0.25, -0.2) is 0 Å². The Hall–Kier alpha value is -2.18. The van der Waals surface area contributed by atoms with Gasteiger partial charge in [-0.15, -0.1) is 0 Å². The second-order valence-corrected chi connectivity index (χ2v) is 8.76. The minimum atomic E-state index is 0.471. The van der Waals surface area contributed by atoms with Crippen LogP contribution in [0.25, 0.3) is 10.8 Å². The van der Waals surface area contributed by atoms with Gasteiger partial charge in [0.2, 0.25) is 0 Å². The zero-order chi connectivity index (χ0) is 19.0. The highest BCUT2D eigenvalue weighted by molar-refractivity contribution is 5.94. The molecular formula is C22H30N6. The van der Waals surface area contributed by atoms with Gasteiger partial charge in [0.1, 0.15) is 5.84 Å². The van der Waals surface area contributed by atoms with E-state index in [1.165, 1.54) is 50.7 Å². The van der Waals surface area contributed by atoms with Crippen molar-refractivity contribution in [3.05, 3.63) is 36.7 Å². The fourth-order valence-corrected chi connectivity index (χ4v) is 5.23. The molecule has 3 N–H and O–H groups in total.